The van der Waals surface area contributed by atoms with E-state index in [0.29, 0.717) is 80.7 Å². The Morgan fingerprint density at radius 3 is 2.22 bits per heavy atom. The van der Waals surface area contributed by atoms with Gasteiger partial charge in [0.15, 0.2) is 0 Å². The van der Waals surface area contributed by atoms with Crippen LogP contribution in [-0.4, -0.2) is 136 Å². The number of ether oxygens (including phenoxy) is 1. The van der Waals surface area contributed by atoms with E-state index in [1.54, 1.807) is 11.0 Å². The van der Waals surface area contributed by atoms with Crippen molar-refractivity contribution in [3.63, 3.8) is 0 Å². The minimum Gasteiger partial charge on any atom is -0.457 e. The fraction of sp³-hybridized carbons (Fsp3) is 0.404. The highest BCUT2D eigenvalue weighted by atomic mass is 16.5. The summed E-state index contributed by atoms with van der Waals surface area (Å²) in [5.41, 5.74) is 8.44. The van der Waals surface area contributed by atoms with E-state index in [-0.39, 0.29) is 54.3 Å². The number of hydrogen-bond acceptors (Lipinski definition) is 12. The summed E-state index contributed by atoms with van der Waals surface area (Å²) in [4.78, 5) is 96.4. The Balaban J connectivity index is 0.706. The third kappa shape index (κ3) is 9.03. The molecule has 1 aromatic heterocycles. The van der Waals surface area contributed by atoms with Crippen molar-refractivity contribution in [1.82, 2.24) is 34.7 Å². The van der Waals surface area contributed by atoms with Crippen molar-refractivity contribution < 1.29 is 38.3 Å². The first-order chi connectivity index (χ1) is 31.5. The van der Waals surface area contributed by atoms with Gasteiger partial charge in [0.25, 0.3) is 17.7 Å². The molecule has 4 aromatic rings. The number of piperazine rings is 1. The van der Waals surface area contributed by atoms with Gasteiger partial charge >= 0.3 is 0 Å². The lowest BCUT2D eigenvalue weighted by Crippen LogP contribution is -2.54. The van der Waals surface area contributed by atoms with Crippen molar-refractivity contribution in [2.24, 2.45) is 11.7 Å². The molecule has 5 aliphatic heterocycles. The molecule has 5 N–H and O–H groups in total. The lowest BCUT2D eigenvalue weighted by Gasteiger charge is -2.38. The number of nitrogens with one attached hydrogen (secondary N) is 3. The Hall–Kier alpha value is -7.08. The Labute approximate surface area is 375 Å². The zero-order valence-corrected chi connectivity index (χ0v) is 36.0. The summed E-state index contributed by atoms with van der Waals surface area (Å²) in [5, 5.41) is 13.6. The first kappa shape index (κ1) is 43.2. The molecule has 0 radical (unpaired) electrons. The average molecular weight is 885 g/mol. The number of rotatable bonds is 13. The minimum atomic E-state index is -1.05. The highest BCUT2D eigenvalue weighted by Gasteiger charge is 2.45. The minimum absolute atomic E-state index is 0.000348. The summed E-state index contributed by atoms with van der Waals surface area (Å²) in [6.45, 7) is 5.25. The maximum atomic E-state index is 13.4. The SMILES string of the molecule is NC(=O)c1c(-c2ccc(Oc3ccccc3)cc2)nn2c1NCCC2C1CCN(C(=O)CCCN2CCN(C(=O)CNc3ccc4c(c3)C(=O)N(C3CCC(=O)NC3=O)C4=O)CC2)CC1. The molecule has 7 amide bonds. The first-order valence-electron chi connectivity index (χ1n) is 22.4. The quantitative estimate of drug-likeness (QED) is 0.142. The van der Waals surface area contributed by atoms with Gasteiger partial charge in [0.2, 0.25) is 23.6 Å². The lowest BCUT2D eigenvalue weighted by atomic mass is 9.86. The number of nitrogens with two attached hydrogens (primary N) is 1. The van der Waals surface area contributed by atoms with Gasteiger partial charge in [-0.2, -0.15) is 5.10 Å². The van der Waals surface area contributed by atoms with E-state index in [2.05, 4.69) is 20.9 Å². The van der Waals surface area contributed by atoms with Crippen LogP contribution in [0.1, 0.15) is 82.1 Å². The molecule has 5 aliphatic rings. The lowest BCUT2D eigenvalue weighted by molar-refractivity contribution is -0.136. The van der Waals surface area contributed by atoms with Gasteiger partial charge in [-0.15, -0.1) is 0 Å². The van der Waals surface area contributed by atoms with Gasteiger partial charge in [-0.3, -0.25) is 48.7 Å². The summed E-state index contributed by atoms with van der Waals surface area (Å²) in [5.74, 6) is -0.469. The number of nitrogens with zero attached hydrogens (tertiary/aromatic N) is 6. The first-order valence-corrected chi connectivity index (χ1v) is 22.4. The van der Waals surface area contributed by atoms with Crippen molar-refractivity contribution in [2.45, 2.75) is 57.0 Å². The molecule has 3 saturated heterocycles. The second-order valence-electron chi connectivity index (χ2n) is 17.2. The van der Waals surface area contributed by atoms with Crippen LogP contribution in [0.2, 0.25) is 0 Å². The van der Waals surface area contributed by atoms with Crippen LogP contribution in [0, 0.1) is 5.92 Å². The number of hydrogen-bond donors (Lipinski definition) is 4. The summed E-state index contributed by atoms with van der Waals surface area (Å²) in [6, 6.07) is 20.7. The number of anilines is 2. The molecule has 0 bridgehead atoms. The number of fused-ring (bicyclic) bond motifs is 2. The maximum Gasteiger partial charge on any atom is 0.262 e. The van der Waals surface area contributed by atoms with Gasteiger partial charge in [-0.1, -0.05) is 18.2 Å². The van der Waals surface area contributed by atoms with Gasteiger partial charge in [0.1, 0.15) is 34.6 Å². The molecule has 3 aromatic carbocycles. The fourth-order valence-corrected chi connectivity index (χ4v) is 9.72. The number of carbonyl (C=O) groups excluding carboxylic acids is 7. The number of imide groups is 2. The molecule has 9 rings (SSSR count). The molecule has 338 valence electrons. The van der Waals surface area contributed by atoms with Crippen molar-refractivity contribution in [2.75, 3.05) is 69.5 Å². The van der Waals surface area contributed by atoms with Gasteiger partial charge in [0, 0.05) is 69.9 Å². The van der Waals surface area contributed by atoms with Gasteiger partial charge in [0.05, 0.1) is 23.7 Å². The summed E-state index contributed by atoms with van der Waals surface area (Å²) in [7, 11) is 0. The van der Waals surface area contributed by atoms with E-state index >= 15 is 0 Å². The molecule has 0 aliphatic carbocycles. The second kappa shape index (κ2) is 18.6. The highest BCUT2D eigenvalue weighted by Crippen LogP contribution is 2.40. The van der Waals surface area contributed by atoms with Crippen LogP contribution in [0.4, 0.5) is 11.5 Å². The zero-order valence-electron chi connectivity index (χ0n) is 36.0. The average Bonchev–Trinajstić information content (AvgIpc) is 3.83. The number of aromatic nitrogens is 2. The maximum absolute atomic E-state index is 13.4. The van der Waals surface area contributed by atoms with Gasteiger partial charge < -0.3 is 30.9 Å². The van der Waals surface area contributed by atoms with Crippen molar-refractivity contribution >= 4 is 52.9 Å². The van der Waals surface area contributed by atoms with Crippen molar-refractivity contribution in [3.8, 4) is 22.8 Å². The third-order valence-corrected chi connectivity index (χ3v) is 13.2. The topological polar surface area (TPSA) is 222 Å². The van der Waals surface area contributed by atoms with E-state index in [9.17, 15) is 33.6 Å². The second-order valence-corrected chi connectivity index (χ2v) is 17.2. The molecule has 0 spiro atoms. The van der Waals surface area contributed by atoms with Gasteiger partial charge in [-0.25, -0.2) is 4.68 Å². The van der Waals surface area contributed by atoms with Crippen LogP contribution < -0.4 is 26.4 Å². The number of amides is 7. The normalized spacial score (nSPS) is 20.2. The monoisotopic (exact) mass is 884 g/mol. The Morgan fingerprint density at radius 1 is 0.785 bits per heavy atom. The van der Waals surface area contributed by atoms with E-state index in [1.807, 2.05) is 64.2 Å². The molecule has 18 heteroatoms. The van der Waals surface area contributed by atoms with E-state index < -0.39 is 35.6 Å². The van der Waals surface area contributed by atoms with E-state index in [4.69, 9.17) is 15.6 Å². The molecule has 2 atom stereocenters. The summed E-state index contributed by atoms with van der Waals surface area (Å²) >= 11 is 0. The van der Waals surface area contributed by atoms with Crippen LogP contribution in [0.15, 0.2) is 72.8 Å². The van der Waals surface area contributed by atoms with Crippen LogP contribution in [0.5, 0.6) is 11.5 Å². The van der Waals surface area contributed by atoms with Crippen LogP contribution in [0.25, 0.3) is 11.3 Å². The molecule has 18 nitrogen and oxygen atoms in total. The number of benzene rings is 3. The number of para-hydroxylation sites is 1. The van der Waals surface area contributed by atoms with E-state index in [1.165, 1.54) is 12.1 Å². The highest BCUT2D eigenvalue weighted by molar-refractivity contribution is 6.23. The Bertz CT molecular complexity index is 2510. The van der Waals surface area contributed by atoms with Crippen LogP contribution >= 0.6 is 0 Å². The largest absolute Gasteiger partial charge is 0.457 e. The molecular weight excluding hydrogens is 833 g/mol. The molecule has 2 unspecified atom stereocenters. The van der Waals surface area contributed by atoms with Crippen LogP contribution in [0.3, 0.4) is 0 Å². The fourth-order valence-electron chi connectivity index (χ4n) is 9.72. The van der Waals surface area contributed by atoms with Crippen LogP contribution in [-0.2, 0) is 19.2 Å². The van der Waals surface area contributed by atoms with Gasteiger partial charge in [-0.05, 0) is 99.2 Å². The number of primary amides is 1. The summed E-state index contributed by atoms with van der Waals surface area (Å²) < 4.78 is 7.90. The number of piperidine rings is 2. The number of likely N-dealkylation sites (tertiary alicyclic amines) is 1. The third-order valence-electron chi connectivity index (χ3n) is 13.2. The molecule has 65 heavy (non-hydrogen) atoms. The van der Waals surface area contributed by atoms with Crippen molar-refractivity contribution in [1.29, 1.82) is 0 Å². The summed E-state index contributed by atoms with van der Waals surface area (Å²) in [6.07, 6.45) is 3.80. The Morgan fingerprint density at radius 2 is 1.49 bits per heavy atom. The Kier molecular flexibility index (Phi) is 12.3. The zero-order chi connectivity index (χ0) is 45.2. The smallest absolute Gasteiger partial charge is 0.262 e. The molecule has 6 heterocycles. The molecule has 0 saturated carbocycles. The van der Waals surface area contributed by atoms with Crippen molar-refractivity contribution in [3.05, 3.63) is 89.5 Å². The molecular formula is C47H52N10O8. The predicted octanol–water partition coefficient (Wildman–Crippen LogP) is 3.47. The number of carbonyl (C=O) groups is 7. The standard InChI is InChI=1S/C47H52N10O8/c48-43(61)41-42(30-8-11-33(12-9-30)65-32-5-2-1-3-6-32)52-57-36(16-19-49-44(41)57)29-17-21-54(22-18-29)39(59)7-4-20-53-23-25-55(26-24-53)40(60)28-50-31-10-13-34-35(27-31)47(64)56(46(34)63)37-14-15-38(58)51-45(37)62/h1-3,5-6,8-13,27,29,36-37,49-50H,4,7,14-26,28H2,(H2,48,61)(H,51,58,62). The van der Waals surface area contributed by atoms with E-state index in [0.717, 1.165) is 48.4 Å². The molecule has 3 fully saturated rings. The predicted molar refractivity (Wildman–Crippen MR) is 238 cm³/mol.